The van der Waals surface area contributed by atoms with Gasteiger partial charge in [-0.25, -0.2) is 4.39 Å². The van der Waals surface area contributed by atoms with Gasteiger partial charge in [0.1, 0.15) is 5.82 Å². The second-order valence-electron chi connectivity index (χ2n) is 4.52. The van der Waals surface area contributed by atoms with E-state index in [1.54, 1.807) is 12.1 Å². The van der Waals surface area contributed by atoms with Crippen molar-refractivity contribution in [3.63, 3.8) is 0 Å². The lowest BCUT2D eigenvalue weighted by atomic mass is 10.2. The maximum absolute atomic E-state index is 13.0. The van der Waals surface area contributed by atoms with Crippen LogP contribution < -0.4 is 10.2 Å². The number of carbonyl (C=O) groups is 1. The van der Waals surface area contributed by atoms with Crippen molar-refractivity contribution in [3.05, 3.63) is 58.9 Å². The van der Waals surface area contributed by atoms with E-state index in [-0.39, 0.29) is 10.9 Å². The predicted octanol–water partition coefficient (Wildman–Crippen LogP) is 3.80. The smallest absolute Gasteiger partial charge is 0.255 e. The first-order valence-electron chi connectivity index (χ1n) is 6.01. The van der Waals surface area contributed by atoms with E-state index in [2.05, 4.69) is 5.32 Å². The summed E-state index contributed by atoms with van der Waals surface area (Å²) in [5.41, 5.74) is 1.99. The third-order valence-corrected chi connectivity index (χ3v) is 3.11. The van der Waals surface area contributed by atoms with Gasteiger partial charge in [0.05, 0.1) is 5.02 Å². The molecule has 1 N–H and O–H groups in total. The Morgan fingerprint density at radius 3 is 2.35 bits per heavy atom. The Hall–Kier alpha value is -2.07. The van der Waals surface area contributed by atoms with Gasteiger partial charge in [-0.05, 0) is 42.5 Å². The molecule has 2 aromatic carbocycles. The molecule has 0 radical (unpaired) electrons. The number of hydrogen-bond acceptors (Lipinski definition) is 2. The number of amides is 1. The molecule has 5 heteroatoms. The highest BCUT2D eigenvalue weighted by atomic mass is 35.5. The Morgan fingerprint density at radius 2 is 1.80 bits per heavy atom. The summed E-state index contributed by atoms with van der Waals surface area (Å²) in [6.45, 7) is 0. The zero-order valence-corrected chi connectivity index (χ0v) is 11.9. The van der Waals surface area contributed by atoms with Crippen LogP contribution in [0.25, 0.3) is 0 Å². The Kier molecular flexibility index (Phi) is 4.25. The third kappa shape index (κ3) is 3.27. The van der Waals surface area contributed by atoms with Crippen molar-refractivity contribution < 1.29 is 9.18 Å². The Labute approximate surface area is 122 Å². The van der Waals surface area contributed by atoms with Crippen molar-refractivity contribution in [2.45, 2.75) is 0 Å². The van der Waals surface area contributed by atoms with Gasteiger partial charge in [-0.3, -0.25) is 4.79 Å². The number of nitrogens with zero attached hydrogens (tertiary/aromatic N) is 1. The van der Waals surface area contributed by atoms with Gasteiger partial charge in [0, 0.05) is 31.0 Å². The molecular formula is C15H14ClFN2O. The number of rotatable bonds is 3. The average molecular weight is 293 g/mol. The summed E-state index contributed by atoms with van der Waals surface area (Å²) >= 11 is 5.67. The van der Waals surface area contributed by atoms with Gasteiger partial charge in [-0.1, -0.05) is 11.6 Å². The molecule has 3 nitrogen and oxygen atoms in total. The first-order chi connectivity index (χ1) is 9.47. The highest BCUT2D eigenvalue weighted by molar-refractivity contribution is 6.31. The summed E-state index contributed by atoms with van der Waals surface area (Å²) in [6, 6.07) is 11.2. The largest absolute Gasteiger partial charge is 0.378 e. The van der Waals surface area contributed by atoms with Crippen LogP contribution in [-0.4, -0.2) is 20.0 Å². The molecule has 104 valence electrons. The molecular weight excluding hydrogens is 279 g/mol. The van der Waals surface area contributed by atoms with E-state index in [4.69, 9.17) is 11.6 Å². The van der Waals surface area contributed by atoms with Gasteiger partial charge in [-0.2, -0.15) is 0 Å². The molecule has 0 heterocycles. The number of carbonyl (C=O) groups excluding carboxylic acids is 1. The summed E-state index contributed by atoms with van der Waals surface area (Å²) in [6.07, 6.45) is 0. The standard InChI is InChI=1S/C15H14ClFN2O/c1-19(2)12-6-3-10(4-7-12)15(20)18-11-5-8-14(17)13(16)9-11/h3-9H,1-2H3,(H,18,20). The minimum absolute atomic E-state index is 0.0224. The second-order valence-corrected chi connectivity index (χ2v) is 4.93. The van der Waals surface area contributed by atoms with Crippen molar-refractivity contribution in [1.29, 1.82) is 0 Å². The Morgan fingerprint density at radius 1 is 1.15 bits per heavy atom. The highest BCUT2D eigenvalue weighted by Crippen LogP contribution is 2.20. The van der Waals surface area contributed by atoms with E-state index < -0.39 is 5.82 Å². The quantitative estimate of drug-likeness (QED) is 0.933. The Balaban J connectivity index is 2.13. The monoisotopic (exact) mass is 292 g/mol. The van der Waals surface area contributed by atoms with E-state index in [0.29, 0.717) is 11.3 Å². The van der Waals surface area contributed by atoms with Crippen molar-refractivity contribution >= 4 is 28.9 Å². The summed E-state index contributed by atoms with van der Waals surface area (Å²) in [7, 11) is 3.85. The van der Waals surface area contributed by atoms with Crippen LogP contribution >= 0.6 is 11.6 Å². The van der Waals surface area contributed by atoms with Crippen LogP contribution in [-0.2, 0) is 0 Å². The fraction of sp³-hybridized carbons (Fsp3) is 0.133. The molecule has 2 aromatic rings. The molecule has 0 fully saturated rings. The van der Waals surface area contributed by atoms with Gasteiger partial charge in [0.15, 0.2) is 0 Å². The topological polar surface area (TPSA) is 32.3 Å². The molecule has 0 aliphatic rings. The minimum atomic E-state index is -0.514. The zero-order valence-electron chi connectivity index (χ0n) is 11.2. The predicted molar refractivity (Wildman–Crippen MR) is 80.1 cm³/mol. The number of benzene rings is 2. The first kappa shape index (κ1) is 14.3. The van der Waals surface area contributed by atoms with E-state index in [1.807, 2.05) is 31.1 Å². The SMILES string of the molecule is CN(C)c1ccc(C(=O)Nc2ccc(F)c(Cl)c2)cc1. The van der Waals surface area contributed by atoms with E-state index in [0.717, 1.165) is 5.69 Å². The molecule has 0 atom stereocenters. The van der Waals surface area contributed by atoms with E-state index in [1.165, 1.54) is 18.2 Å². The molecule has 0 bridgehead atoms. The highest BCUT2D eigenvalue weighted by Gasteiger charge is 2.08. The molecule has 0 aromatic heterocycles. The average Bonchev–Trinajstić information content (AvgIpc) is 2.43. The van der Waals surface area contributed by atoms with Crippen LogP contribution in [0.5, 0.6) is 0 Å². The maximum Gasteiger partial charge on any atom is 0.255 e. The van der Waals surface area contributed by atoms with Crippen molar-refractivity contribution in [1.82, 2.24) is 0 Å². The number of anilines is 2. The maximum atomic E-state index is 13.0. The summed E-state index contributed by atoms with van der Waals surface area (Å²) in [4.78, 5) is 14.0. The van der Waals surface area contributed by atoms with Crippen LogP contribution in [0.3, 0.4) is 0 Å². The first-order valence-corrected chi connectivity index (χ1v) is 6.39. The summed E-state index contributed by atoms with van der Waals surface area (Å²) in [5, 5.41) is 2.65. The summed E-state index contributed by atoms with van der Waals surface area (Å²) in [5.74, 6) is -0.780. The second kappa shape index (κ2) is 5.92. The zero-order chi connectivity index (χ0) is 14.7. The van der Waals surface area contributed by atoms with Gasteiger partial charge < -0.3 is 10.2 Å². The number of nitrogens with one attached hydrogen (secondary N) is 1. The molecule has 0 saturated heterocycles. The lowest BCUT2D eigenvalue weighted by Gasteiger charge is -2.12. The van der Waals surface area contributed by atoms with Crippen molar-refractivity contribution in [3.8, 4) is 0 Å². The molecule has 2 rings (SSSR count). The molecule has 0 aliphatic heterocycles. The van der Waals surface area contributed by atoms with Crippen LogP contribution in [0.15, 0.2) is 42.5 Å². The van der Waals surface area contributed by atoms with Crippen molar-refractivity contribution in [2.75, 3.05) is 24.3 Å². The van der Waals surface area contributed by atoms with Crippen LogP contribution in [0.4, 0.5) is 15.8 Å². The molecule has 0 saturated carbocycles. The Bertz CT molecular complexity index is 626. The van der Waals surface area contributed by atoms with Gasteiger partial charge >= 0.3 is 0 Å². The van der Waals surface area contributed by atoms with Gasteiger partial charge in [0.25, 0.3) is 5.91 Å². The van der Waals surface area contributed by atoms with Gasteiger partial charge in [-0.15, -0.1) is 0 Å². The van der Waals surface area contributed by atoms with Gasteiger partial charge in [0.2, 0.25) is 0 Å². The lowest BCUT2D eigenvalue weighted by molar-refractivity contribution is 0.102. The molecule has 20 heavy (non-hydrogen) atoms. The molecule has 1 amide bonds. The normalized spacial score (nSPS) is 10.2. The fourth-order valence-corrected chi connectivity index (χ4v) is 1.87. The van der Waals surface area contributed by atoms with Crippen LogP contribution in [0.2, 0.25) is 5.02 Å². The lowest BCUT2D eigenvalue weighted by Crippen LogP contribution is -2.13. The van der Waals surface area contributed by atoms with Crippen molar-refractivity contribution in [2.24, 2.45) is 0 Å². The molecule has 0 unspecified atom stereocenters. The minimum Gasteiger partial charge on any atom is -0.378 e. The molecule has 0 aliphatic carbocycles. The molecule has 0 spiro atoms. The van der Waals surface area contributed by atoms with E-state index >= 15 is 0 Å². The fourth-order valence-electron chi connectivity index (χ4n) is 1.69. The number of halogens is 2. The van der Waals surface area contributed by atoms with Crippen LogP contribution in [0.1, 0.15) is 10.4 Å². The van der Waals surface area contributed by atoms with E-state index in [9.17, 15) is 9.18 Å². The summed E-state index contributed by atoms with van der Waals surface area (Å²) < 4.78 is 13.0. The number of hydrogen-bond donors (Lipinski definition) is 1. The third-order valence-electron chi connectivity index (χ3n) is 2.82. The van der Waals surface area contributed by atoms with Crippen LogP contribution in [0, 0.1) is 5.82 Å².